The third kappa shape index (κ3) is 537. The summed E-state index contributed by atoms with van der Waals surface area (Å²) < 4.78 is 16.7. The molecule has 5 nitrogen and oxygen atoms in total. The molecular formula is O5PV-3. The molecule has 0 unspecified atom stereocenters. The SMILES string of the molecule is O=P([O-])([O-])[O-].[O]=[V]. The van der Waals surface area contributed by atoms with Gasteiger partial charge in [0.2, 0.25) is 0 Å². The molecule has 0 heterocycles. The number of hydrogen-bond donors (Lipinski definition) is 0. The van der Waals surface area contributed by atoms with Gasteiger partial charge in [-0.2, -0.15) is 7.82 Å². The molecule has 0 atom stereocenters. The van der Waals surface area contributed by atoms with Crippen LogP contribution in [0.15, 0.2) is 0 Å². The molecule has 0 bridgehead atoms. The normalized spacial score (nSPS) is 8.86. The Hall–Kier alpha value is 0.494. The maximum atomic E-state index is 8.55. The van der Waals surface area contributed by atoms with Crippen molar-refractivity contribution in [1.82, 2.24) is 0 Å². The second-order valence-electron chi connectivity index (χ2n) is 0.447. The summed E-state index contributed by atoms with van der Waals surface area (Å²) in [5.41, 5.74) is 0. The van der Waals surface area contributed by atoms with Crippen LogP contribution in [0.25, 0.3) is 0 Å². The molecular weight excluding hydrogens is 162 g/mol. The van der Waals surface area contributed by atoms with Gasteiger partial charge in [0.1, 0.15) is 0 Å². The van der Waals surface area contributed by atoms with Crippen LogP contribution in [0.5, 0.6) is 0 Å². The van der Waals surface area contributed by atoms with E-state index in [2.05, 4.69) is 0 Å². The average Bonchev–Trinajstić information content (AvgIpc) is 1.36. The summed E-state index contributed by atoms with van der Waals surface area (Å²) in [5.74, 6) is 0. The first-order chi connectivity index (χ1) is 3.00. The van der Waals surface area contributed by atoms with Crippen LogP contribution in [0.4, 0.5) is 0 Å². The molecule has 0 amide bonds. The molecule has 0 fully saturated rings. The van der Waals surface area contributed by atoms with E-state index in [-0.39, 0.29) is 0 Å². The summed E-state index contributed by atoms with van der Waals surface area (Å²) in [6.07, 6.45) is 0. The first-order valence-corrected chi connectivity index (χ1v) is 2.94. The molecule has 7 heavy (non-hydrogen) atoms. The number of hydrogen-bond acceptors (Lipinski definition) is 5. The molecule has 0 aromatic carbocycles. The van der Waals surface area contributed by atoms with Crippen molar-refractivity contribution in [1.29, 1.82) is 0 Å². The molecule has 7 heteroatoms. The summed E-state index contributed by atoms with van der Waals surface area (Å²) in [4.78, 5) is 25.6. The monoisotopic (exact) mass is 162 g/mol. The molecule has 0 aromatic rings. The second-order valence-corrected chi connectivity index (χ2v) is 1.34. The number of rotatable bonds is 0. The van der Waals surface area contributed by atoms with Crippen molar-refractivity contribution in [2.24, 2.45) is 0 Å². The average molecular weight is 162 g/mol. The molecule has 0 saturated heterocycles. The molecule has 0 N–H and O–H groups in total. The van der Waals surface area contributed by atoms with Gasteiger partial charge in [-0.15, -0.1) is 0 Å². The fourth-order valence-electron chi connectivity index (χ4n) is 0. The Bertz CT molecular complexity index is 63.9. The summed E-state index contributed by atoms with van der Waals surface area (Å²) in [5, 5.41) is 0. The first-order valence-electron chi connectivity index (χ1n) is 0.913. The van der Waals surface area contributed by atoms with Crippen molar-refractivity contribution < 1.29 is 40.3 Å². The van der Waals surface area contributed by atoms with E-state index in [0.29, 0.717) is 0 Å². The van der Waals surface area contributed by atoms with Crippen molar-refractivity contribution in [3.63, 3.8) is 0 Å². The molecule has 0 rings (SSSR count). The molecule has 0 spiro atoms. The van der Waals surface area contributed by atoms with Crippen LogP contribution in [0.1, 0.15) is 0 Å². The van der Waals surface area contributed by atoms with Crippen LogP contribution in [-0.2, 0) is 25.6 Å². The van der Waals surface area contributed by atoms with Crippen molar-refractivity contribution >= 4 is 7.82 Å². The zero-order valence-corrected chi connectivity index (χ0v) is 5.23. The van der Waals surface area contributed by atoms with E-state index in [1.54, 1.807) is 0 Å². The van der Waals surface area contributed by atoms with E-state index in [1.807, 2.05) is 0 Å². The van der Waals surface area contributed by atoms with E-state index >= 15 is 0 Å². The summed E-state index contributed by atoms with van der Waals surface area (Å²) in [6, 6.07) is 0. The van der Waals surface area contributed by atoms with Gasteiger partial charge in [0.25, 0.3) is 0 Å². The fraction of sp³-hybridized carbons (Fsp3) is 0. The predicted molar refractivity (Wildman–Crippen MR) is 8.29 cm³/mol. The van der Waals surface area contributed by atoms with Gasteiger partial charge in [-0.05, 0) is 0 Å². The van der Waals surface area contributed by atoms with Crippen LogP contribution in [-0.4, -0.2) is 0 Å². The molecule has 0 aliphatic carbocycles. The van der Waals surface area contributed by atoms with Crippen molar-refractivity contribution in [2.75, 3.05) is 0 Å². The maximum absolute atomic E-state index is 8.55. The Balaban J connectivity index is 0. The van der Waals surface area contributed by atoms with E-state index in [0.717, 1.165) is 17.4 Å². The zero-order valence-electron chi connectivity index (χ0n) is 2.94. The Kier molecular flexibility index (Phi) is 6.95. The Morgan fingerprint density at radius 1 is 1.14 bits per heavy atom. The van der Waals surface area contributed by atoms with Gasteiger partial charge in [0.15, 0.2) is 0 Å². The number of phosphoric acid groups is 1. The fourth-order valence-corrected chi connectivity index (χ4v) is 0. The van der Waals surface area contributed by atoms with Gasteiger partial charge in [0, 0.05) is 0 Å². The van der Waals surface area contributed by atoms with E-state index in [4.69, 9.17) is 22.9 Å². The van der Waals surface area contributed by atoms with Crippen molar-refractivity contribution in [2.45, 2.75) is 0 Å². The van der Waals surface area contributed by atoms with Gasteiger partial charge in [-0.3, -0.25) is 0 Å². The first kappa shape index (κ1) is 10.5. The van der Waals surface area contributed by atoms with Crippen LogP contribution in [0, 0.1) is 0 Å². The summed E-state index contributed by atoms with van der Waals surface area (Å²) in [7, 11) is -5.39. The third-order valence-electron chi connectivity index (χ3n) is 0. The minimum absolute atomic E-state index is 1.06. The van der Waals surface area contributed by atoms with Crippen molar-refractivity contribution in [3.05, 3.63) is 0 Å². The molecule has 0 aliphatic rings. The van der Waals surface area contributed by atoms with Crippen LogP contribution < -0.4 is 14.7 Å². The minimum atomic E-state index is -5.39. The molecule has 0 aromatic heterocycles. The molecule has 43 valence electrons. The Labute approximate surface area is 48.8 Å². The van der Waals surface area contributed by atoms with Gasteiger partial charge in [-0.25, -0.2) is 0 Å². The van der Waals surface area contributed by atoms with Crippen molar-refractivity contribution in [3.8, 4) is 0 Å². The standard InChI is InChI=1S/H3O4P.O.V/c1-5(2,3)4;;/h(H3,1,2,3,4);;/p-3. The van der Waals surface area contributed by atoms with E-state index in [9.17, 15) is 0 Å². The van der Waals surface area contributed by atoms with Gasteiger partial charge >= 0.3 is 21.0 Å². The summed E-state index contributed by atoms with van der Waals surface area (Å²) >= 11 is 1.06. The molecule has 0 saturated carbocycles. The Morgan fingerprint density at radius 2 is 1.14 bits per heavy atom. The van der Waals surface area contributed by atoms with Crippen LogP contribution in [0.3, 0.4) is 0 Å². The molecule has 0 aliphatic heterocycles. The quantitative estimate of drug-likeness (QED) is 0.354. The topological polar surface area (TPSA) is 103 Å². The van der Waals surface area contributed by atoms with E-state index < -0.39 is 7.82 Å². The van der Waals surface area contributed by atoms with Gasteiger partial charge < -0.3 is 19.2 Å². The second kappa shape index (κ2) is 4.65. The van der Waals surface area contributed by atoms with Gasteiger partial charge in [-0.1, -0.05) is 0 Å². The molecule has 0 radical (unpaired) electrons. The Morgan fingerprint density at radius 3 is 1.14 bits per heavy atom. The van der Waals surface area contributed by atoms with Gasteiger partial charge in [0.05, 0.1) is 0 Å². The third-order valence-corrected chi connectivity index (χ3v) is 0. The summed E-state index contributed by atoms with van der Waals surface area (Å²) in [6.45, 7) is 0. The van der Waals surface area contributed by atoms with E-state index in [1.165, 1.54) is 0 Å². The zero-order chi connectivity index (χ0) is 6.50. The van der Waals surface area contributed by atoms with Crippen LogP contribution >= 0.6 is 7.82 Å². The predicted octanol–water partition coefficient (Wildman–Crippen LogP) is -2.95. The van der Waals surface area contributed by atoms with Crippen LogP contribution in [0.2, 0.25) is 0 Å².